The average Bonchev–Trinajstić information content (AvgIpc) is 2.48. The summed E-state index contributed by atoms with van der Waals surface area (Å²) in [6.45, 7) is 3.75. The number of carbonyl (C=O) groups is 2. The quantitative estimate of drug-likeness (QED) is 0.531. The van der Waals surface area contributed by atoms with Crippen molar-refractivity contribution >= 4 is 17.4 Å². The maximum atomic E-state index is 12.5. The van der Waals surface area contributed by atoms with Gasteiger partial charge in [-0.1, -0.05) is 12.1 Å². The molecule has 1 N–H and O–H groups in total. The molecular formula is C16H13NO5. The van der Waals surface area contributed by atoms with E-state index in [9.17, 15) is 24.8 Å². The Balaban J connectivity index is 2.55. The lowest BCUT2D eigenvalue weighted by atomic mass is 9.95. The van der Waals surface area contributed by atoms with Crippen LogP contribution in [0.1, 0.15) is 37.4 Å². The number of non-ortho nitro benzene ring substituents is 1. The van der Waals surface area contributed by atoms with Crippen molar-refractivity contribution in [3.63, 3.8) is 0 Å². The number of carbonyl (C=O) groups excluding carboxylic acids is 1. The number of aromatic carboxylic acids is 1. The van der Waals surface area contributed by atoms with E-state index in [1.165, 1.54) is 6.07 Å². The van der Waals surface area contributed by atoms with Crippen molar-refractivity contribution in [3.8, 4) is 0 Å². The molecule has 0 aliphatic rings. The first-order valence-corrected chi connectivity index (χ1v) is 6.45. The smallest absolute Gasteiger partial charge is 0.336 e. The maximum absolute atomic E-state index is 12.5. The zero-order valence-corrected chi connectivity index (χ0v) is 12.0. The highest BCUT2D eigenvalue weighted by Gasteiger charge is 2.21. The fourth-order valence-electron chi connectivity index (χ4n) is 2.06. The SMILES string of the molecule is Cc1ccc(C(=O)c2ccc([N+](=O)[O-])cc2C(=O)O)cc1C. The van der Waals surface area contributed by atoms with Crippen LogP contribution in [0.3, 0.4) is 0 Å². The lowest BCUT2D eigenvalue weighted by Crippen LogP contribution is -2.10. The fraction of sp³-hybridized carbons (Fsp3) is 0.125. The minimum absolute atomic E-state index is 0.0682. The molecule has 0 saturated heterocycles. The van der Waals surface area contributed by atoms with Crippen molar-refractivity contribution < 1.29 is 19.6 Å². The number of nitro groups is 1. The molecule has 0 radical (unpaired) electrons. The Labute approximate surface area is 126 Å². The Kier molecular flexibility index (Phi) is 4.03. The minimum atomic E-state index is -1.38. The summed E-state index contributed by atoms with van der Waals surface area (Å²) in [5.41, 5.74) is 1.45. The summed E-state index contributed by atoms with van der Waals surface area (Å²) in [6, 6.07) is 8.26. The highest BCUT2D eigenvalue weighted by atomic mass is 16.6. The molecule has 0 saturated carbocycles. The first kappa shape index (κ1) is 15.4. The molecule has 0 aliphatic heterocycles. The highest BCUT2D eigenvalue weighted by molar-refractivity contribution is 6.14. The van der Waals surface area contributed by atoms with E-state index in [-0.39, 0.29) is 16.8 Å². The lowest BCUT2D eigenvalue weighted by molar-refractivity contribution is -0.384. The summed E-state index contributed by atoms with van der Waals surface area (Å²) in [5.74, 6) is -1.86. The van der Waals surface area contributed by atoms with Gasteiger partial charge in [0.05, 0.1) is 10.5 Å². The van der Waals surface area contributed by atoms with Crippen molar-refractivity contribution in [3.05, 3.63) is 74.3 Å². The summed E-state index contributed by atoms with van der Waals surface area (Å²) in [7, 11) is 0. The second kappa shape index (κ2) is 5.77. The van der Waals surface area contributed by atoms with Gasteiger partial charge in [0.2, 0.25) is 0 Å². The second-order valence-corrected chi connectivity index (χ2v) is 4.92. The molecule has 0 aromatic heterocycles. The number of nitrogens with zero attached hydrogens (tertiary/aromatic N) is 1. The van der Waals surface area contributed by atoms with Crippen molar-refractivity contribution in [2.24, 2.45) is 0 Å². The number of benzene rings is 2. The molecule has 0 bridgehead atoms. The molecule has 0 atom stereocenters. The van der Waals surface area contributed by atoms with Crippen LogP contribution in [0.5, 0.6) is 0 Å². The predicted molar refractivity (Wildman–Crippen MR) is 79.4 cm³/mol. The molecule has 112 valence electrons. The van der Waals surface area contributed by atoms with Crippen LogP contribution in [-0.4, -0.2) is 21.8 Å². The number of aryl methyl sites for hydroxylation is 2. The van der Waals surface area contributed by atoms with Gasteiger partial charge in [0.25, 0.3) is 5.69 Å². The van der Waals surface area contributed by atoms with E-state index in [0.717, 1.165) is 23.3 Å². The van der Waals surface area contributed by atoms with E-state index in [1.807, 2.05) is 13.8 Å². The average molecular weight is 299 g/mol. The number of hydrogen-bond donors (Lipinski definition) is 1. The van der Waals surface area contributed by atoms with E-state index >= 15 is 0 Å². The van der Waals surface area contributed by atoms with Crippen molar-refractivity contribution in [1.29, 1.82) is 0 Å². The van der Waals surface area contributed by atoms with E-state index in [2.05, 4.69) is 0 Å². The number of ketones is 1. The van der Waals surface area contributed by atoms with Crippen LogP contribution in [0.2, 0.25) is 0 Å². The Morgan fingerprint density at radius 2 is 1.68 bits per heavy atom. The summed E-state index contributed by atoms with van der Waals surface area (Å²) in [4.78, 5) is 33.8. The van der Waals surface area contributed by atoms with Crippen LogP contribution in [-0.2, 0) is 0 Å². The van der Waals surface area contributed by atoms with Gasteiger partial charge in [-0.3, -0.25) is 14.9 Å². The third kappa shape index (κ3) is 2.85. The van der Waals surface area contributed by atoms with E-state index in [1.54, 1.807) is 18.2 Å². The van der Waals surface area contributed by atoms with E-state index in [4.69, 9.17) is 0 Å². The normalized spacial score (nSPS) is 10.3. The molecule has 6 heteroatoms. The van der Waals surface area contributed by atoms with Crippen LogP contribution >= 0.6 is 0 Å². The van der Waals surface area contributed by atoms with Gasteiger partial charge in [0.15, 0.2) is 5.78 Å². The lowest BCUT2D eigenvalue weighted by Gasteiger charge is -2.07. The molecule has 22 heavy (non-hydrogen) atoms. The first-order valence-electron chi connectivity index (χ1n) is 6.45. The number of hydrogen-bond acceptors (Lipinski definition) is 4. The molecule has 0 spiro atoms. The molecule has 0 heterocycles. The van der Waals surface area contributed by atoms with Crippen LogP contribution in [0.25, 0.3) is 0 Å². The number of nitro benzene ring substituents is 1. The highest BCUT2D eigenvalue weighted by Crippen LogP contribution is 2.22. The number of carboxylic acids is 1. The van der Waals surface area contributed by atoms with Crippen LogP contribution in [0, 0.1) is 24.0 Å². The van der Waals surface area contributed by atoms with Crippen molar-refractivity contribution in [1.82, 2.24) is 0 Å². The third-order valence-corrected chi connectivity index (χ3v) is 3.46. The summed E-state index contributed by atoms with van der Waals surface area (Å²) in [5, 5.41) is 19.9. The van der Waals surface area contributed by atoms with Crippen LogP contribution in [0.15, 0.2) is 36.4 Å². The topological polar surface area (TPSA) is 97.5 Å². The molecule has 0 amide bonds. The molecule has 0 fully saturated rings. The molecular weight excluding hydrogens is 286 g/mol. The van der Waals surface area contributed by atoms with Crippen molar-refractivity contribution in [2.75, 3.05) is 0 Å². The summed E-state index contributed by atoms with van der Waals surface area (Å²) >= 11 is 0. The minimum Gasteiger partial charge on any atom is -0.478 e. The molecule has 2 rings (SSSR count). The fourth-order valence-corrected chi connectivity index (χ4v) is 2.06. The van der Waals surface area contributed by atoms with Gasteiger partial charge in [-0.25, -0.2) is 4.79 Å². The Bertz CT molecular complexity index is 795. The van der Waals surface area contributed by atoms with Gasteiger partial charge in [0, 0.05) is 23.3 Å². The van der Waals surface area contributed by atoms with E-state index < -0.39 is 16.7 Å². The van der Waals surface area contributed by atoms with Gasteiger partial charge < -0.3 is 5.11 Å². The molecule has 2 aromatic carbocycles. The summed E-state index contributed by atoms with van der Waals surface area (Å²) < 4.78 is 0. The van der Waals surface area contributed by atoms with Gasteiger partial charge in [-0.2, -0.15) is 0 Å². The largest absolute Gasteiger partial charge is 0.478 e. The standard InChI is InChI=1S/C16H13NO5/c1-9-3-4-11(7-10(9)2)15(18)13-6-5-12(17(21)22)8-14(13)16(19)20/h3-8H,1-2H3,(H,19,20). The third-order valence-electron chi connectivity index (χ3n) is 3.46. The monoisotopic (exact) mass is 299 g/mol. The van der Waals surface area contributed by atoms with Gasteiger partial charge >= 0.3 is 5.97 Å². The molecule has 0 aliphatic carbocycles. The Hall–Kier alpha value is -3.02. The molecule has 2 aromatic rings. The zero-order chi connectivity index (χ0) is 16.4. The maximum Gasteiger partial charge on any atom is 0.336 e. The Morgan fingerprint density at radius 1 is 1.00 bits per heavy atom. The second-order valence-electron chi connectivity index (χ2n) is 4.92. The van der Waals surface area contributed by atoms with Crippen LogP contribution in [0.4, 0.5) is 5.69 Å². The van der Waals surface area contributed by atoms with Gasteiger partial charge in [0.1, 0.15) is 0 Å². The number of rotatable bonds is 4. The number of carboxylic acid groups (broad SMARTS) is 1. The molecule has 6 nitrogen and oxygen atoms in total. The summed E-state index contributed by atoms with van der Waals surface area (Å²) in [6.07, 6.45) is 0. The van der Waals surface area contributed by atoms with Gasteiger partial charge in [-0.15, -0.1) is 0 Å². The van der Waals surface area contributed by atoms with Gasteiger partial charge in [-0.05, 0) is 37.1 Å². The predicted octanol–water partition coefficient (Wildman–Crippen LogP) is 3.14. The van der Waals surface area contributed by atoms with E-state index in [0.29, 0.717) is 5.56 Å². The Morgan fingerprint density at radius 3 is 2.23 bits per heavy atom. The molecule has 0 unspecified atom stereocenters. The first-order chi connectivity index (χ1) is 10.3. The van der Waals surface area contributed by atoms with Crippen molar-refractivity contribution in [2.45, 2.75) is 13.8 Å². The zero-order valence-electron chi connectivity index (χ0n) is 12.0. The van der Waals surface area contributed by atoms with Crippen LogP contribution < -0.4 is 0 Å².